The molecule has 142 valence electrons. The number of furan rings is 1. The standard InChI is InChI=1S/C22H19FN2O3/c23-18-9-5-4-8-17(18)19-10-11-20(28-19)22(27)25-14-12-24(13-15-25)21(26)16-6-2-1-3-7-16/h1-11H,12-15H2. The van der Waals surface area contributed by atoms with Gasteiger partial charge in [0, 0.05) is 31.7 Å². The van der Waals surface area contributed by atoms with Gasteiger partial charge in [-0.25, -0.2) is 4.39 Å². The lowest BCUT2D eigenvalue weighted by Gasteiger charge is -2.34. The zero-order valence-electron chi connectivity index (χ0n) is 15.2. The Kier molecular flexibility index (Phi) is 4.93. The Morgan fingerprint density at radius 1 is 0.750 bits per heavy atom. The van der Waals surface area contributed by atoms with Gasteiger partial charge < -0.3 is 14.2 Å². The summed E-state index contributed by atoms with van der Waals surface area (Å²) < 4.78 is 19.5. The summed E-state index contributed by atoms with van der Waals surface area (Å²) in [5.74, 6) is -0.203. The van der Waals surface area contributed by atoms with Crippen molar-refractivity contribution in [3.63, 3.8) is 0 Å². The number of piperazine rings is 1. The molecule has 2 aromatic carbocycles. The van der Waals surface area contributed by atoms with Gasteiger partial charge in [-0.05, 0) is 36.4 Å². The lowest BCUT2D eigenvalue weighted by Crippen LogP contribution is -2.50. The van der Waals surface area contributed by atoms with Crippen molar-refractivity contribution in [2.45, 2.75) is 0 Å². The summed E-state index contributed by atoms with van der Waals surface area (Å²) in [7, 11) is 0. The molecule has 1 aliphatic rings. The molecule has 2 amide bonds. The minimum Gasteiger partial charge on any atom is -0.451 e. The maximum atomic E-state index is 13.9. The number of carbonyl (C=O) groups is 2. The fraction of sp³-hybridized carbons (Fsp3) is 0.182. The Morgan fingerprint density at radius 3 is 2.04 bits per heavy atom. The fourth-order valence-corrected chi connectivity index (χ4v) is 3.29. The summed E-state index contributed by atoms with van der Waals surface area (Å²) in [5.41, 5.74) is 0.961. The average molecular weight is 378 g/mol. The quantitative estimate of drug-likeness (QED) is 0.699. The van der Waals surface area contributed by atoms with Gasteiger partial charge in [0.1, 0.15) is 11.6 Å². The Bertz CT molecular complexity index is 992. The maximum absolute atomic E-state index is 13.9. The molecule has 0 spiro atoms. The molecule has 0 saturated carbocycles. The van der Waals surface area contributed by atoms with Crippen molar-refractivity contribution in [1.82, 2.24) is 9.80 Å². The van der Waals surface area contributed by atoms with Crippen LogP contribution in [0, 0.1) is 5.82 Å². The molecular formula is C22H19FN2O3. The minimum absolute atomic E-state index is 0.0347. The summed E-state index contributed by atoms with van der Waals surface area (Å²) in [5, 5.41) is 0. The molecular weight excluding hydrogens is 359 g/mol. The second-order valence-corrected chi connectivity index (χ2v) is 6.59. The number of amides is 2. The third kappa shape index (κ3) is 3.53. The number of nitrogens with zero attached hydrogens (tertiary/aromatic N) is 2. The second-order valence-electron chi connectivity index (χ2n) is 6.59. The number of hydrogen-bond donors (Lipinski definition) is 0. The highest BCUT2D eigenvalue weighted by Gasteiger charge is 2.27. The van der Waals surface area contributed by atoms with Crippen molar-refractivity contribution in [3.8, 4) is 11.3 Å². The van der Waals surface area contributed by atoms with Crippen LogP contribution in [0.3, 0.4) is 0 Å². The van der Waals surface area contributed by atoms with E-state index >= 15 is 0 Å². The Morgan fingerprint density at radius 2 is 1.36 bits per heavy atom. The number of hydrogen-bond acceptors (Lipinski definition) is 3. The van der Waals surface area contributed by atoms with E-state index in [1.165, 1.54) is 6.07 Å². The number of benzene rings is 2. The van der Waals surface area contributed by atoms with Crippen LogP contribution in [0.15, 0.2) is 71.1 Å². The summed E-state index contributed by atoms with van der Waals surface area (Å²) in [6.07, 6.45) is 0. The molecule has 3 aromatic rings. The van der Waals surface area contributed by atoms with Crippen LogP contribution in [0.5, 0.6) is 0 Å². The molecule has 0 unspecified atom stereocenters. The van der Waals surface area contributed by atoms with Crippen molar-refractivity contribution >= 4 is 11.8 Å². The molecule has 1 fully saturated rings. The van der Waals surface area contributed by atoms with E-state index in [1.54, 1.807) is 52.3 Å². The van der Waals surface area contributed by atoms with E-state index in [0.29, 0.717) is 43.1 Å². The number of halogens is 1. The Labute approximate surface area is 162 Å². The van der Waals surface area contributed by atoms with Gasteiger partial charge in [-0.1, -0.05) is 30.3 Å². The van der Waals surface area contributed by atoms with Gasteiger partial charge in [0.25, 0.3) is 11.8 Å². The highest BCUT2D eigenvalue weighted by molar-refractivity contribution is 5.95. The van der Waals surface area contributed by atoms with E-state index in [0.717, 1.165) is 0 Å². The summed E-state index contributed by atoms with van der Waals surface area (Å²) in [4.78, 5) is 28.6. The predicted molar refractivity (Wildman–Crippen MR) is 102 cm³/mol. The van der Waals surface area contributed by atoms with E-state index in [-0.39, 0.29) is 17.6 Å². The third-order valence-electron chi connectivity index (χ3n) is 4.83. The molecule has 2 heterocycles. The molecule has 4 rings (SSSR count). The summed E-state index contributed by atoms with van der Waals surface area (Å²) in [6, 6.07) is 18.5. The lowest BCUT2D eigenvalue weighted by molar-refractivity contribution is 0.0518. The van der Waals surface area contributed by atoms with Gasteiger partial charge in [-0.3, -0.25) is 9.59 Å². The van der Waals surface area contributed by atoms with Gasteiger partial charge >= 0.3 is 0 Å². The Balaban J connectivity index is 1.41. The monoisotopic (exact) mass is 378 g/mol. The van der Waals surface area contributed by atoms with Crippen LogP contribution in [0.25, 0.3) is 11.3 Å². The normalized spacial score (nSPS) is 14.2. The SMILES string of the molecule is O=C(c1ccccc1)N1CCN(C(=O)c2ccc(-c3ccccc3F)o2)CC1. The largest absolute Gasteiger partial charge is 0.451 e. The first-order valence-corrected chi connectivity index (χ1v) is 9.12. The van der Waals surface area contributed by atoms with Crippen molar-refractivity contribution in [1.29, 1.82) is 0 Å². The minimum atomic E-state index is -0.399. The van der Waals surface area contributed by atoms with Crippen LogP contribution in [0.2, 0.25) is 0 Å². The molecule has 1 aromatic heterocycles. The molecule has 1 saturated heterocycles. The number of carbonyl (C=O) groups excluding carboxylic acids is 2. The highest BCUT2D eigenvalue weighted by Crippen LogP contribution is 2.25. The molecule has 6 heteroatoms. The summed E-state index contributed by atoms with van der Waals surface area (Å²) in [6.45, 7) is 1.76. The first kappa shape index (κ1) is 18.0. The van der Waals surface area contributed by atoms with Crippen molar-refractivity contribution < 1.29 is 18.4 Å². The number of rotatable bonds is 3. The maximum Gasteiger partial charge on any atom is 0.289 e. The van der Waals surface area contributed by atoms with E-state index in [1.807, 2.05) is 18.2 Å². The fourth-order valence-electron chi connectivity index (χ4n) is 3.29. The van der Waals surface area contributed by atoms with Crippen LogP contribution >= 0.6 is 0 Å². The van der Waals surface area contributed by atoms with Crippen molar-refractivity contribution in [2.24, 2.45) is 0 Å². The average Bonchev–Trinajstić information content (AvgIpc) is 3.24. The summed E-state index contributed by atoms with van der Waals surface area (Å²) >= 11 is 0. The molecule has 0 N–H and O–H groups in total. The van der Waals surface area contributed by atoms with E-state index in [9.17, 15) is 14.0 Å². The molecule has 0 aliphatic carbocycles. The van der Waals surface area contributed by atoms with Crippen LogP contribution in [-0.2, 0) is 0 Å². The predicted octanol–water partition coefficient (Wildman–Crippen LogP) is 3.68. The molecule has 5 nitrogen and oxygen atoms in total. The molecule has 0 bridgehead atoms. The van der Waals surface area contributed by atoms with Gasteiger partial charge in [-0.15, -0.1) is 0 Å². The zero-order valence-corrected chi connectivity index (χ0v) is 15.2. The van der Waals surface area contributed by atoms with Crippen LogP contribution < -0.4 is 0 Å². The van der Waals surface area contributed by atoms with Gasteiger partial charge in [0.2, 0.25) is 0 Å². The lowest BCUT2D eigenvalue weighted by atomic mass is 10.1. The van der Waals surface area contributed by atoms with Crippen LogP contribution in [0.1, 0.15) is 20.9 Å². The van der Waals surface area contributed by atoms with E-state index < -0.39 is 5.82 Å². The smallest absolute Gasteiger partial charge is 0.289 e. The van der Waals surface area contributed by atoms with Gasteiger partial charge in [-0.2, -0.15) is 0 Å². The van der Waals surface area contributed by atoms with Crippen molar-refractivity contribution in [2.75, 3.05) is 26.2 Å². The van der Waals surface area contributed by atoms with Gasteiger partial charge in [0.05, 0.1) is 5.56 Å². The molecule has 28 heavy (non-hydrogen) atoms. The van der Waals surface area contributed by atoms with E-state index in [2.05, 4.69) is 0 Å². The second kappa shape index (κ2) is 7.68. The first-order chi connectivity index (χ1) is 13.6. The molecule has 1 aliphatic heterocycles. The van der Waals surface area contributed by atoms with Crippen molar-refractivity contribution in [3.05, 3.63) is 83.9 Å². The zero-order chi connectivity index (χ0) is 19.5. The van der Waals surface area contributed by atoms with Crippen LogP contribution in [0.4, 0.5) is 4.39 Å². The highest BCUT2D eigenvalue weighted by atomic mass is 19.1. The third-order valence-corrected chi connectivity index (χ3v) is 4.83. The molecule has 0 radical (unpaired) electrons. The Hall–Kier alpha value is -3.41. The van der Waals surface area contributed by atoms with Crippen LogP contribution in [-0.4, -0.2) is 47.8 Å². The topological polar surface area (TPSA) is 53.8 Å². The first-order valence-electron chi connectivity index (χ1n) is 9.12. The molecule has 0 atom stereocenters. The van der Waals surface area contributed by atoms with Gasteiger partial charge in [0.15, 0.2) is 5.76 Å². The van der Waals surface area contributed by atoms with E-state index in [4.69, 9.17) is 4.42 Å².